The molecule has 2 fully saturated rings. The van der Waals surface area contributed by atoms with Crippen molar-refractivity contribution in [1.29, 1.82) is 0 Å². The molecule has 14 nitrogen and oxygen atoms in total. The smallest absolute Gasteiger partial charge is 0.272 e. The van der Waals surface area contributed by atoms with Gasteiger partial charge in [-0.15, -0.1) is 0 Å². The maximum Gasteiger partial charge on any atom is 0.272 e. The van der Waals surface area contributed by atoms with Crippen molar-refractivity contribution in [2.75, 3.05) is 33.3 Å². The summed E-state index contributed by atoms with van der Waals surface area (Å²) in [6.07, 6.45) is 2.76. The first kappa shape index (κ1) is 39.8. The number of pyridine rings is 1. The Kier molecular flexibility index (Phi) is 14.1. The second-order valence-electron chi connectivity index (χ2n) is 14.5. The van der Waals surface area contributed by atoms with Crippen molar-refractivity contribution in [3.05, 3.63) is 59.9 Å². The van der Waals surface area contributed by atoms with Crippen LogP contribution in [0.3, 0.4) is 0 Å². The Bertz CT molecular complexity index is 1560. The number of likely N-dealkylation sites (tertiary alicyclic amines) is 1. The van der Waals surface area contributed by atoms with Crippen LogP contribution in [0, 0.1) is 17.8 Å². The molecule has 4 rings (SSSR count). The minimum atomic E-state index is -1.05. The number of hydrogen-bond acceptors (Lipinski definition) is 8. The zero-order valence-electron chi connectivity index (χ0n) is 31.0. The van der Waals surface area contributed by atoms with E-state index in [0.29, 0.717) is 37.4 Å². The molecule has 0 spiro atoms. The minimum Gasteiger partial charge on any atom is -0.497 e. The largest absolute Gasteiger partial charge is 0.497 e. The number of amides is 6. The molecular formula is C38H53N7O7. The molecule has 0 bridgehead atoms. The van der Waals surface area contributed by atoms with Gasteiger partial charge in [0.1, 0.15) is 29.6 Å². The Morgan fingerprint density at radius 1 is 0.846 bits per heavy atom. The van der Waals surface area contributed by atoms with Gasteiger partial charge in [-0.3, -0.25) is 33.8 Å². The van der Waals surface area contributed by atoms with Crippen LogP contribution in [0.2, 0.25) is 0 Å². The summed E-state index contributed by atoms with van der Waals surface area (Å²) in [6, 6.07) is 8.67. The number of hydrogen-bond donors (Lipinski definition) is 4. The van der Waals surface area contributed by atoms with Gasteiger partial charge in [-0.2, -0.15) is 0 Å². The van der Waals surface area contributed by atoms with Crippen LogP contribution in [0.5, 0.6) is 5.75 Å². The van der Waals surface area contributed by atoms with Gasteiger partial charge in [-0.1, -0.05) is 45.9 Å². The Labute approximate surface area is 305 Å². The van der Waals surface area contributed by atoms with E-state index in [2.05, 4.69) is 26.3 Å². The molecule has 14 heteroatoms. The highest BCUT2D eigenvalue weighted by atomic mass is 16.5. The van der Waals surface area contributed by atoms with Crippen molar-refractivity contribution >= 4 is 35.4 Å². The van der Waals surface area contributed by atoms with Crippen molar-refractivity contribution in [2.45, 2.75) is 84.5 Å². The van der Waals surface area contributed by atoms with Crippen LogP contribution in [0.25, 0.3) is 0 Å². The van der Waals surface area contributed by atoms with E-state index in [9.17, 15) is 28.8 Å². The molecule has 2 aromatic rings. The molecule has 4 N–H and O–H groups in total. The van der Waals surface area contributed by atoms with Crippen LogP contribution in [0.4, 0.5) is 0 Å². The number of methoxy groups -OCH3 is 1. The lowest BCUT2D eigenvalue weighted by atomic mass is 9.94. The molecule has 4 atom stereocenters. The average molecular weight is 720 g/mol. The zero-order chi connectivity index (χ0) is 37.9. The minimum absolute atomic E-state index is 0.0101. The number of ether oxygens (including phenoxy) is 1. The highest BCUT2D eigenvalue weighted by Crippen LogP contribution is 2.22. The third-order valence-electron chi connectivity index (χ3n) is 9.55. The molecule has 0 unspecified atom stereocenters. The molecule has 282 valence electrons. The molecule has 1 aromatic carbocycles. The van der Waals surface area contributed by atoms with Crippen molar-refractivity contribution in [1.82, 2.24) is 36.1 Å². The second kappa shape index (κ2) is 18.5. The Morgan fingerprint density at radius 2 is 1.52 bits per heavy atom. The summed E-state index contributed by atoms with van der Waals surface area (Å²) in [6.45, 7) is 9.60. The maximum atomic E-state index is 14.2. The number of nitrogens with one attached hydrogen (secondary N) is 4. The number of piperidine rings is 1. The summed E-state index contributed by atoms with van der Waals surface area (Å²) in [7, 11) is 1.55. The predicted octanol–water partition coefficient (Wildman–Crippen LogP) is 1.69. The van der Waals surface area contributed by atoms with Crippen LogP contribution < -0.4 is 26.0 Å². The molecule has 6 amide bonds. The van der Waals surface area contributed by atoms with E-state index in [1.165, 1.54) is 4.90 Å². The lowest BCUT2D eigenvalue weighted by molar-refractivity contribution is -0.142. The summed E-state index contributed by atoms with van der Waals surface area (Å²) >= 11 is 0. The molecular weight excluding hydrogens is 666 g/mol. The standard InChI is InChI=1S/C38H53N7O7/c1-23(2)19-30-36(49)42-31(20-26-10-12-28(52-6)13-11-26)35(48)40-25(5)34(47)43-32(24(3)4)21-45(22-33(46)41-30)37(50)27-14-17-44(18-15-27)38(51)29-9-7-8-16-39-29/h7-13,16,23-25,27,30-32H,14-15,17-22H2,1-6H3,(H,40,48)(H,41,46)(H,42,49)(H,43,47)/t25-,30+,31+,32-/m1/s1. The van der Waals surface area contributed by atoms with E-state index in [1.807, 2.05) is 27.7 Å². The monoisotopic (exact) mass is 719 g/mol. The molecule has 2 aliphatic rings. The van der Waals surface area contributed by atoms with Crippen LogP contribution >= 0.6 is 0 Å². The first-order chi connectivity index (χ1) is 24.7. The lowest BCUT2D eigenvalue weighted by Crippen LogP contribution is -2.57. The third-order valence-corrected chi connectivity index (χ3v) is 9.55. The van der Waals surface area contributed by atoms with E-state index in [4.69, 9.17) is 4.74 Å². The first-order valence-corrected chi connectivity index (χ1v) is 18.1. The summed E-state index contributed by atoms with van der Waals surface area (Å²) in [5.74, 6) is -2.53. The van der Waals surface area contributed by atoms with Gasteiger partial charge in [0.25, 0.3) is 5.91 Å². The highest BCUT2D eigenvalue weighted by Gasteiger charge is 2.36. The number of benzene rings is 1. The molecule has 0 saturated carbocycles. The van der Waals surface area contributed by atoms with Crippen LogP contribution in [0.15, 0.2) is 48.7 Å². The van der Waals surface area contributed by atoms with E-state index < -0.39 is 53.7 Å². The van der Waals surface area contributed by atoms with E-state index in [0.717, 1.165) is 5.56 Å². The van der Waals surface area contributed by atoms with Gasteiger partial charge in [-0.05, 0) is 67.9 Å². The van der Waals surface area contributed by atoms with Crippen molar-refractivity contribution in [2.24, 2.45) is 17.8 Å². The van der Waals surface area contributed by atoms with Crippen molar-refractivity contribution < 1.29 is 33.5 Å². The van der Waals surface area contributed by atoms with Gasteiger partial charge < -0.3 is 35.8 Å². The quantitative estimate of drug-likeness (QED) is 0.318. The molecule has 52 heavy (non-hydrogen) atoms. The summed E-state index contributed by atoms with van der Waals surface area (Å²) in [4.78, 5) is 89.1. The fourth-order valence-electron chi connectivity index (χ4n) is 6.41. The average Bonchev–Trinajstić information content (AvgIpc) is 3.13. The maximum absolute atomic E-state index is 14.2. The fraction of sp³-hybridized carbons (Fsp3) is 0.553. The first-order valence-electron chi connectivity index (χ1n) is 18.1. The predicted molar refractivity (Wildman–Crippen MR) is 194 cm³/mol. The summed E-state index contributed by atoms with van der Waals surface area (Å²) in [5.41, 5.74) is 1.09. The fourth-order valence-corrected chi connectivity index (χ4v) is 6.41. The highest BCUT2D eigenvalue weighted by molar-refractivity contribution is 5.95. The third kappa shape index (κ3) is 11.0. The SMILES string of the molecule is COc1ccc(C[C@@H]2NC(=O)[C@H](CC(C)C)NC(=O)CN(C(=O)C3CCN(C(=O)c4ccccn4)CC3)C[C@H](C(C)C)NC(=O)[C@@H](C)NC2=O)cc1. The lowest BCUT2D eigenvalue weighted by Gasteiger charge is -2.36. The molecule has 2 saturated heterocycles. The van der Waals surface area contributed by atoms with Gasteiger partial charge in [0, 0.05) is 44.2 Å². The van der Waals surface area contributed by atoms with Gasteiger partial charge >= 0.3 is 0 Å². The number of rotatable bonds is 8. The zero-order valence-corrected chi connectivity index (χ0v) is 31.0. The molecule has 3 heterocycles. The van der Waals surface area contributed by atoms with Gasteiger partial charge in [-0.25, -0.2) is 0 Å². The Morgan fingerprint density at radius 3 is 2.12 bits per heavy atom. The van der Waals surface area contributed by atoms with E-state index in [-0.39, 0.29) is 49.6 Å². The van der Waals surface area contributed by atoms with Gasteiger partial charge in [0.15, 0.2) is 0 Å². The van der Waals surface area contributed by atoms with Crippen LogP contribution in [-0.2, 0) is 30.4 Å². The normalized spacial score (nSPS) is 22.8. The van der Waals surface area contributed by atoms with Crippen LogP contribution in [0.1, 0.15) is 69.9 Å². The summed E-state index contributed by atoms with van der Waals surface area (Å²) < 4.78 is 5.24. The second-order valence-corrected chi connectivity index (χ2v) is 14.5. The van der Waals surface area contributed by atoms with E-state index in [1.54, 1.807) is 67.6 Å². The molecule has 1 aromatic heterocycles. The van der Waals surface area contributed by atoms with Crippen molar-refractivity contribution in [3.8, 4) is 5.75 Å². The number of carbonyl (C=O) groups is 6. The van der Waals surface area contributed by atoms with Crippen LogP contribution in [-0.4, -0.2) is 108 Å². The Hall–Kier alpha value is -5.01. The topological polar surface area (TPSA) is 179 Å². The number of carbonyl (C=O) groups excluding carboxylic acids is 6. The Balaban J connectivity index is 1.58. The van der Waals surface area contributed by atoms with Gasteiger partial charge in [0.05, 0.1) is 13.7 Å². The molecule has 0 radical (unpaired) electrons. The van der Waals surface area contributed by atoms with Gasteiger partial charge in [0.2, 0.25) is 29.5 Å². The molecule has 0 aliphatic carbocycles. The summed E-state index contributed by atoms with van der Waals surface area (Å²) in [5, 5.41) is 11.4. The number of nitrogens with zero attached hydrogens (tertiary/aromatic N) is 3. The van der Waals surface area contributed by atoms with E-state index >= 15 is 0 Å². The van der Waals surface area contributed by atoms with Crippen molar-refractivity contribution in [3.63, 3.8) is 0 Å². The molecule has 2 aliphatic heterocycles. The number of aromatic nitrogens is 1.